The smallest absolute Gasteiger partial charge is 0.316 e. The Morgan fingerprint density at radius 2 is 1.75 bits per heavy atom. The second-order valence-corrected chi connectivity index (χ2v) is 10.7. The first-order valence-corrected chi connectivity index (χ1v) is 12.8. The van der Waals surface area contributed by atoms with E-state index in [1.807, 2.05) is 24.3 Å². The van der Waals surface area contributed by atoms with Gasteiger partial charge < -0.3 is 9.64 Å². The standard InChI is InChI=1S/C27H35BrClNO2/c1-20(2)27(26(31)32-3,23-7-9-24(28)10-8-23)15-4-16-30-17-13-22(14-18-30)19-21-5-11-25(29)12-6-21/h5-12,20,22H,4,13-19H2,1-3H3. The Bertz CT molecular complexity index is 860. The van der Waals surface area contributed by atoms with Crippen LogP contribution in [0.1, 0.15) is 50.7 Å². The summed E-state index contributed by atoms with van der Waals surface area (Å²) in [5.41, 5.74) is 1.81. The van der Waals surface area contributed by atoms with Crippen LogP contribution in [0.3, 0.4) is 0 Å². The molecule has 0 spiro atoms. The summed E-state index contributed by atoms with van der Waals surface area (Å²) in [7, 11) is 1.50. The molecule has 1 aliphatic rings. The maximum Gasteiger partial charge on any atom is 0.316 e. The number of methoxy groups -OCH3 is 1. The predicted molar refractivity (Wildman–Crippen MR) is 136 cm³/mol. The first-order valence-electron chi connectivity index (χ1n) is 11.7. The number of ether oxygens (including phenoxy) is 1. The number of hydrogen-bond donors (Lipinski definition) is 0. The third-order valence-electron chi connectivity index (χ3n) is 7.08. The fraction of sp³-hybridized carbons (Fsp3) is 0.519. The lowest BCUT2D eigenvalue weighted by Gasteiger charge is -2.37. The minimum Gasteiger partial charge on any atom is -0.468 e. The molecule has 3 nitrogen and oxygen atoms in total. The third-order valence-corrected chi connectivity index (χ3v) is 7.87. The first-order chi connectivity index (χ1) is 15.3. The van der Waals surface area contributed by atoms with Crippen molar-refractivity contribution >= 4 is 33.5 Å². The summed E-state index contributed by atoms with van der Waals surface area (Å²) >= 11 is 9.52. The maximum atomic E-state index is 13.0. The molecular weight excluding hydrogens is 486 g/mol. The molecule has 0 aliphatic carbocycles. The zero-order valence-corrected chi connectivity index (χ0v) is 21.8. The molecule has 174 valence electrons. The number of piperidine rings is 1. The van der Waals surface area contributed by atoms with Gasteiger partial charge in [-0.05, 0) is 99.0 Å². The Labute approximate surface area is 206 Å². The minimum atomic E-state index is -0.609. The largest absolute Gasteiger partial charge is 0.468 e. The van der Waals surface area contributed by atoms with Crippen LogP contribution in [0.2, 0.25) is 5.02 Å². The molecule has 2 aromatic carbocycles. The van der Waals surface area contributed by atoms with Crippen molar-refractivity contribution in [3.8, 4) is 0 Å². The molecule has 1 saturated heterocycles. The molecule has 1 fully saturated rings. The van der Waals surface area contributed by atoms with Crippen molar-refractivity contribution in [3.63, 3.8) is 0 Å². The van der Waals surface area contributed by atoms with E-state index < -0.39 is 5.41 Å². The highest BCUT2D eigenvalue weighted by molar-refractivity contribution is 9.10. The van der Waals surface area contributed by atoms with Crippen molar-refractivity contribution in [1.82, 2.24) is 4.90 Å². The van der Waals surface area contributed by atoms with Gasteiger partial charge in [-0.25, -0.2) is 0 Å². The molecule has 1 heterocycles. The van der Waals surface area contributed by atoms with E-state index in [4.69, 9.17) is 16.3 Å². The Morgan fingerprint density at radius 3 is 2.31 bits per heavy atom. The number of likely N-dealkylation sites (tertiary alicyclic amines) is 1. The lowest BCUT2D eigenvalue weighted by atomic mass is 9.68. The van der Waals surface area contributed by atoms with E-state index in [-0.39, 0.29) is 11.9 Å². The Balaban J connectivity index is 1.56. The van der Waals surface area contributed by atoms with E-state index in [9.17, 15) is 4.79 Å². The minimum absolute atomic E-state index is 0.128. The number of carbonyl (C=O) groups is 1. The highest BCUT2D eigenvalue weighted by atomic mass is 79.9. The molecule has 0 radical (unpaired) electrons. The Kier molecular flexibility index (Phi) is 9.22. The lowest BCUT2D eigenvalue weighted by molar-refractivity contribution is -0.150. The van der Waals surface area contributed by atoms with Gasteiger partial charge in [-0.2, -0.15) is 0 Å². The van der Waals surface area contributed by atoms with Crippen molar-refractivity contribution in [3.05, 3.63) is 69.2 Å². The molecule has 0 N–H and O–H groups in total. The van der Waals surface area contributed by atoms with Crippen LogP contribution >= 0.6 is 27.5 Å². The molecule has 0 bridgehead atoms. The number of hydrogen-bond acceptors (Lipinski definition) is 3. The number of carbonyl (C=O) groups excluding carboxylic acids is 1. The molecule has 1 aliphatic heterocycles. The SMILES string of the molecule is COC(=O)C(CCCN1CCC(Cc2ccc(Cl)cc2)CC1)(c1ccc(Br)cc1)C(C)C. The average Bonchev–Trinajstić information content (AvgIpc) is 2.79. The van der Waals surface area contributed by atoms with Crippen LogP contribution in [-0.2, 0) is 21.4 Å². The normalized spacial score (nSPS) is 17.3. The van der Waals surface area contributed by atoms with E-state index >= 15 is 0 Å². The zero-order chi connectivity index (χ0) is 23.1. The summed E-state index contributed by atoms with van der Waals surface area (Å²) in [5, 5.41) is 0.802. The number of rotatable bonds is 9. The molecule has 2 aromatic rings. The number of nitrogens with zero attached hydrogens (tertiary/aromatic N) is 1. The summed E-state index contributed by atoms with van der Waals surface area (Å²) in [5.74, 6) is 0.762. The number of halogens is 2. The third kappa shape index (κ3) is 6.15. The van der Waals surface area contributed by atoms with Gasteiger partial charge in [0.25, 0.3) is 0 Å². The van der Waals surface area contributed by atoms with Crippen LogP contribution in [0, 0.1) is 11.8 Å². The molecule has 1 atom stereocenters. The predicted octanol–water partition coefficient (Wildman–Crippen LogP) is 6.90. The molecule has 32 heavy (non-hydrogen) atoms. The molecule has 1 unspecified atom stereocenters. The number of esters is 1. The maximum absolute atomic E-state index is 13.0. The Hall–Kier alpha value is -1.36. The average molecular weight is 521 g/mol. The lowest BCUT2D eigenvalue weighted by Crippen LogP contribution is -2.43. The summed E-state index contributed by atoms with van der Waals surface area (Å²) in [6.45, 7) is 7.53. The van der Waals surface area contributed by atoms with E-state index in [0.29, 0.717) is 0 Å². The first kappa shape index (κ1) is 25.3. The zero-order valence-electron chi connectivity index (χ0n) is 19.4. The molecular formula is C27H35BrClNO2. The van der Waals surface area contributed by atoms with Gasteiger partial charge in [0.05, 0.1) is 12.5 Å². The van der Waals surface area contributed by atoms with Crippen LogP contribution < -0.4 is 0 Å². The fourth-order valence-electron chi connectivity index (χ4n) is 5.10. The van der Waals surface area contributed by atoms with Crippen LogP contribution in [0.15, 0.2) is 53.0 Å². The van der Waals surface area contributed by atoms with E-state index in [2.05, 4.69) is 58.9 Å². The summed E-state index contributed by atoms with van der Waals surface area (Å²) in [6, 6.07) is 16.4. The van der Waals surface area contributed by atoms with Crippen LogP contribution in [-0.4, -0.2) is 37.6 Å². The Morgan fingerprint density at radius 1 is 1.12 bits per heavy atom. The van der Waals surface area contributed by atoms with Gasteiger partial charge >= 0.3 is 5.97 Å². The van der Waals surface area contributed by atoms with Crippen molar-refractivity contribution < 1.29 is 9.53 Å². The molecule has 5 heteroatoms. The highest BCUT2D eigenvalue weighted by Gasteiger charge is 2.44. The van der Waals surface area contributed by atoms with Gasteiger partial charge in [0.15, 0.2) is 0 Å². The van der Waals surface area contributed by atoms with Gasteiger partial charge in [-0.1, -0.05) is 65.6 Å². The van der Waals surface area contributed by atoms with E-state index in [1.54, 1.807) is 0 Å². The van der Waals surface area contributed by atoms with Gasteiger partial charge in [0.1, 0.15) is 0 Å². The molecule has 3 rings (SSSR count). The van der Waals surface area contributed by atoms with Crippen molar-refractivity contribution in [1.29, 1.82) is 0 Å². The topological polar surface area (TPSA) is 29.5 Å². The quantitative estimate of drug-likeness (QED) is 0.337. The van der Waals surface area contributed by atoms with Crippen LogP contribution in [0.4, 0.5) is 0 Å². The molecule has 0 aromatic heterocycles. The van der Waals surface area contributed by atoms with Gasteiger partial charge in [-0.15, -0.1) is 0 Å². The summed E-state index contributed by atoms with van der Waals surface area (Å²) < 4.78 is 6.33. The van der Waals surface area contributed by atoms with E-state index in [0.717, 1.165) is 59.9 Å². The van der Waals surface area contributed by atoms with Crippen LogP contribution in [0.25, 0.3) is 0 Å². The number of benzene rings is 2. The molecule has 0 saturated carbocycles. The van der Waals surface area contributed by atoms with E-state index in [1.165, 1.54) is 25.5 Å². The second kappa shape index (κ2) is 11.7. The van der Waals surface area contributed by atoms with Gasteiger partial charge in [0.2, 0.25) is 0 Å². The van der Waals surface area contributed by atoms with Crippen molar-refractivity contribution in [2.45, 2.75) is 51.4 Å². The summed E-state index contributed by atoms with van der Waals surface area (Å²) in [4.78, 5) is 15.6. The van der Waals surface area contributed by atoms with Gasteiger partial charge in [-0.3, -0.25) is 4.79 Å². The van der Waals surface area contributed by atoms with Crippen LogP contribution in [0.5, 0.6) is 0 Å². The van der Waals surface area contributed by atoms with Gasteiger partial charge in [0, 0.05) is 9.50 Å². The van der Waals surface area contributed by atoms with Crippen molar-refractivity contribution in [2.75, 3.05) is 26.7 Å². The van der Waals surface area contributed by atoms with Crippen molar-refractivity contribution in [2.24, 2.45) is 11.8 Å². The second-order valence-electron chi connectivity index (χ2n) is 9.34. The fourth-order valence-corrected chi connectivity index (χ4v) is 5.49. The summed E-state index contributed by atoms with van der Waals surface area (Å²) in [6.07, 6.45) is 5.35. The highest BCUT2D eigenvalue weighted by Crippen LogP contribution is 2.39. The molecule has 0 amide bonds. The monoisotopic (exact) mass is 519 g/mol.